The van der Waals surface area contributed by atoms with Gasteiger partial charge in [-0.2, -0.15) is 0 Å². The molecule has 7 heteroatoms. The van der Waals surface area contributed by atoms with Gasteiger partial charge in [-0.15, -0.1) is 0 Å². The molecule has 0 amide bonds. The van der Waals surface area contributed by atoms with Gasteiger partial charge in [-0.1, -0.05) is 25.4 Å². The molecule has 0 bridgehead atoms. The largest absolute Gasteiger partial charge is 0.512 e. The van der Waals surface area contributed by atoms with Crippen molar-refractivity contribution in [1.82, 2.24) is 0 Å². The molecule has 1 aromatic rings. The van der Waals surface area contributed by atoms with E-state index in [0.717, 1.165) is 31.4 Å². The Kier molecular flexibility index (Phi) is 6.67. The highest BCUT2D eigenvalue weighted by Gasteiger charge is 2.26. The van der Waals surface area contributed by atoms with Gasteiger partial charge in [0.25, 0.3) is 0 Å². The summed E-state index contributed by atoms with van der Waals surface area (Å²) in [5.41, 5.74) is 6.82. The number of carbonyl (C=O) groups is 1. The molecule has 142 valence electrons. The third-order valence-corrected chi connectivity index (χ3v) is 4.67. The van der Waals surface area contributed by atoms with Gasteiger partial charge in [-0.3, -0.25) is 0 Å². The van der Waals surface area contributed by atoms with E-state index in [4.69, 9.17) is 22.1 Å². The first-order valence-electron chi connectivity index (χ1n) is 8.54. The lowest BCUT2D eigenvalue weighted by Crippen LogP contribution is -2.30. The average Bonchev–Trinajstić information content (AvgIpc) is 3.03. The van der Waals surface area contributed by atoms with Crippen LogP contribution in [0.2, 0.25) is 5.02 Å². The fourth-order valence-corrected chi connectivity index (χ4v) is 3.17. The molecule has 0 radical (unpaired) electrons. The van der Waals surface area contributed by atoms with Crippen LogP contribution in [0.3, 0.4) is 0 Å². The number of benzene rings is 1. The van der Waals surface area contributed by atoms with E-state index in [1.165, 1.54) is 6.08 Å². The summed E-state index contributed by atoms with van der Waals surface area (Å²) in [6.45, 7) is 4.81. The van der Waals surface area contributed by atoms with Crippen LogP contribution < -0.4 is 10.6 Å². The number of aliphatic imine (C=N–C) groups is 1. The summed E-state index contributed by atoms with van der Waals surface area (Å²) in [5.74, 6) is 0.230. The van der Waals surface area contributed by atoms with Crippen LogP contribution in [0.15, 0.2) is 35.0 Å². The number of nitrogens with two attached hydrogens (primary N) is 1. The minimum atomic E-state index is -0.580. The number of aliphatic hydroxyl groups is 1. The predicted molar refractivity (Wildman–Crippen MR) is 106 cm³/mol. The summed E-state index contributed by atoms with van der Waals surface area (Å²) >= 11 is 6.12. The van der Waals surface area contributed by atoms with Gasteiger partial charge >= 0.3 is 0 Å². The third kappa shape index (κ3) is 4.77. The van der Waals surface area contributed by atoms with Gasteiger partial charge in [-0.05, 0) is 31.0 Å². The number of rotatable bonds is 7. The Balaban J connectivity index is 2.37. The standard InChI is InChI=1S/C19H26ClN3O3/c1-19(2,12-26-3)17(25)10-18(21)22-15-9-13(20)6-7-16(15)23-8-4-5-14(23)11-24/h6-7,9-11,14,25H,4-5,8,12H2,1-3H3,(H2,21,22)/b17-10-/t14-/m0/s1. The smallest absolute Gasteiger partial charge is 0.142 e. The van der Waals surface area contributed by atoms with Crippen LogP contribution in [0.25, 0.3) is 0 Å². The Morgan fingerprint density at radius 1 is 1.54 bits per heavy atom. The quantitative estimate of drug-likeness (QED) is 0.327. The minimum Gasteiger partial charge on any atom is -0.512 e. The van der Waals surface area contributed by atoms with Gasteiger partial charge in [0.15, 0.2) is 0 Å². The number of ether oxygens (including phenoxy) is 1. The van der Waals surface area contributed by atoms with E-state index in [-0.39, 0.29) is 17.6 Å². The van der Waals surface area contributed by atoms with Crippen molar-refractivity contribution in [3.05, 3.63) is 35.1 Å². The van der Waals surface area contributed by atoms with Gasteiger partial charge in [0.2, 0.25) is 0 Å². The van der Waals surface area contributed by atoms with Crippen LogP contribution in [-0.4, -0.2) is 43.5 Å². The monoisotopic (exact) mass is 379 g/mol. The van der Waals surface area contributed by atoms with E-state index < -0.39 is 5.41 Å². The van der Waals surface area contributed by atoms with Crippen molar-refractivity contribution in [3.8, 4) is 0 Å². The topological polar surface area (TPSA) is 88.2 Å². The molecular formula is C19H26ClN3O3. The van der Waals surface area contributed by atoms with Crippen molar-refractivity contribution in [2.24, 2.45) is 16.1 Å². The molecule has 0 saturated carbocycles. The number of anilines is 1. The zero-order chi connectivity index (χ0) is 19.3. The summed E-state index contributed by atoms with van der Waals surface area (Å²) in [7, 11) is 1.57. The number of methoxy groups -OCH3 is 1. The third-order valence-electron chi connectivity index (χ3n) is 4.44. The maximum Gasteiger partial charge on any atom is 0.142 e. The van der Waals surface area contributed by atoms with E-state index in [1.807, 2.05) is 24.8 Å². The van der Waals surface area contributed by atoms with Crippen LogP contribution >= 0.6 is 11.6 Å². The van der Waals surface area contributed by atoms with E-state index in [0.29, 0.717) is 17.3 Å². The number of carbonyl (C=O) groups excluding carboxylic acids is 1. The van der Waals surface area contributed by atoms with Crippen molar-refractivity contribution in [3.63, 3.8) is 0 Å². The maximum absolute atomic E-state index is 11.3. The number of hydrogen-bond acceptors (Lipinski definition) is 5. The van der Waals surface area contributed by atoms with Crippen molar-refractivity contribution in [2.75, 3.05) is 25.2 Å². The van der Waals surface area contributed by atoms with Gasteiger partial charge in [0.05, 0.1) is 24.0 Å². The highest BCUT2D eigenvalue weighted by molar-refractivity contribution is 6.31. The Hall–Kier alpha value is -2.05. The van der Waals surface area contributed by atoms with E-state index >= 15 is 0 Å². The molecular weight excluding hydrogens is 354 g/mol. The van der Waals surface area contributed by atoms with E-state index in [2.05, 4.69) is 4.99 Å². The van der Waals surface area contributed by atoms with E-state index in [9.17, 15) is 9.90 Å². The molecule has 1 heterocycles. The van der Waals surface area contributed by atoms with E-state index in [1.54, 1.807) is 19.2 Å². The Morgan fingerprint density at radius 3 is 2.92 bits per heavy atom. The maximum atomic E-state index is 11.3. The number of aldehydes is 1. The summed E-state index contributed by atoms with van der Waals surface area (Å²) in [4.78, 5) is 17.8. The Morgan fingerprint density at radius 2 is 2.27 bits per heavy atom. The lowest BCUT2D eigenvalue weighted by molar-refractivity contribution is -0.108. The lowest BCUT2D eigenvalue weighted by atomic mass is 9.91. The molecule has 26 heavy (non-hydrogen) atoms. The molecule has 0 spiro atoms. The zero-order valence-corrected chi connectivity index (χ0v) is 16.2. The average molecular weight is 380 g/mol. The fraction of sp³-hybridized carbons (Fsp3) is 0.474. The first kappa shape index (κ1) is 20.3. The van der Waals surface area contributed by atoms with Crippen molar-refractivity contribution in [1.29, 1.82) is 0 Å². The molecule has 1 aromatic carbocycles. The predicted octanol–water partition coefficient (Wildman–Crippen LogP) is 3.61. The van der Waals surface area contributed by atoms with Crippen molar-refractivity contribution in [2.45, 2.75) is 32.7 Å². The second-order valence-corrected chi connectivity index (χ2v) is 7.49. The SMILES string of the molecule is COCC(C)(C)/C(O)=C/C(N)=Nc1cc(Cl)ccc1N1CCC[C@H]1C=O. The minimum absolute atomic E-state index is 0.0797. The molecule has 1 saturated heterocycles. The Bertz CT molecular complexity index is 716. The number of nitrogens with zero attached hydrogens (tertiary/aromatic N) is 2. The summed E-state index contributed by atoms with van der Waals surface area (Å²) in [5, 5.41) is 10.8. The summed E-state index contributed by atoms with van der Waals surface area (Å²) in [6, 6.07) is 5.14. The molecule has 0 unspecified atom stereocenters. The van der Waals surface area contributed by atoms with Crippen molar-refractivity contribution >= 4 is 35.1 Å². The van der Waals surface area contributed by atoms with Gasteiger partial charge in [0.1, 0.15) is 17.9 Å². The molecule has 6 nitrogen and oxygen atoms in total. The van der Waals surface area contributed by atoms with Crippen molar-refractivity contribution < 1.29 is 14.6 Å². The summed E-state index contributed by atoms with van der Waals surface area (Å²) in [6.07, 6.45) is 4.13. The highest BCUT2D eigenvalue weighted by Crippen LogP contribution is 2.35. The number of aliphatic hydroxyl groups excluding tert-OH is 1. The summed E-state index contributed by atoms with van der Waals surface area (Å²) < 4.78 is 5.12. The molecule has 0 aliphatic carbocycles. The van der Waals surface area contributed by atoms with Crippen LogP contribution in [0.4, 0.5) is 11.4 Å². The first-order valence-corrected chi connectivity index (χ1v) is 8.92. The molecule has 1 aliphatic rings. The molecule has 1 atom stereocenters. The molecule has 2 rings (SSSR count). The molecule has 3 N–H and O–H groups in total. The normalized spacial score (nSPS) is 19.1. The van der Waals surface area contributed by atoms with Crippen LogP contribution in [0, 0.1) is 5.41 Å². The van der Waals surface area contributed by atoms with Gasteiger partial charge in [0, 0.05) is 30.2 Å². The van der Waals surface area contributed by atoms with Gasteiger partial charge in [-0.25, -0.2) is 4.99 Å². The molecule has 0 aromatic heterocycles. The highest BCUT2D eigenvalue weighted by atomic mass is 35.5. The Labute approximate surface area is 159 Å². The molecule has 1 aliphatic heterocycles. The van der Waals surface area contributed by atoms with Crippen LogP contribution in [-0.2, 0) is 9.53 Å². The number of amidine groups is 1. The number of halogens is 1. The van der Waals surface area contributed by atoms with Crippen LogP contribution in [0.5, 0.6) is 0 Å². The second-order valence-electron chi connectivity index (χ2n) is 7.06. The lowest BCUT2D eigenvalue weighted by Gasteiger charge is -2.24. The van der Waals surface area contributed by atoms with Crippen LogP contribution in [0.1, 0.15) is 26.7 Å². The van der Waals surface area contributed by atoms with Gasteiger partial charge < -0.3 is 25.3 Å². The molecule has 1 fully saturated rings. The zero-order valence-electron chi connectivity index (χ0n) is 15.4. The second kappa shape index (κ2) is 8.56. The fourth-order valence-electron chi connectivity index (χ4n) is 3.00. The number of hydrogen-bond donors (Lipinski definition) is 2. The first-order chi connectivity index (χ1) is 12.3.